The lowest BCUT2D eigenvalue weighted by Gasteiger charge is -2.32. The van der Waals surface area contributed by atoms with Crippen LogP contribution in [0.25, 0.3) is 5.69 Å². The third kappa shape index (κ3) is 4.09. The first-order valence-corrected chi connectivity index (χ1v) is 8.96. The van der Waals surface area contributed by atoms with Gasteiger partial charge < -0.3 is 10.0 Å². The third-order valence-electron chi connectivity index (χ3n) is 4.81. The smallest absolute Gasteiger partial charge is 0.303 e. The number of aliphatic carboxylic acids is 1. The number of nitrogens with zero attached hydrogens (tertiary/aromatic N) is 4. The summed E-state index contributed by atoms with van der Waals surface area (Å²) in [7, 11) is 0. The molecule has 1 atom stereocenters. The van der Waals surface area contributed by atoms with Gasteiger partial charge in [0, 0.05) is 25.1 Å². The first kappa shape index (κ1) is 18.1. The van der Waals surface area contributed by atoms with Crippen LogP contribution in [0.15, 0.2) is 24.3 Å². The molecule has 0 radical (unpaired) electrons. The molecule has 1 saturated heterocycles. The number of piperidine rings is 1. The summed E-state index contributed by atoms with van der Waals surface area (Å²) in [4.78, 5) is 29.7. The summed E-state index contributed by atoms with van der Waals surface area (Å²) in [5.41, 5.74) is 1.51. The van der Waals surface area contributed by atoms with Crippen molar-refractivity contribution < 1.29 is 14.7 Å². The molecule has 0 bridgehead atoms. The molecule has 1 aromatic heterocycles. The van der Waals surface area contributed by atoms with E-state index >= 15 is 0 Å². The minimum absolute atomic E-state index is 0.00284. The van der Waals surface area contributed by atoms with Gasteiger partial charge in [-0.1, -0.05) is 0 Å². The predicted molar refractivity (Wildman–Crippen MR) is 96.3 cm³/mol. The number of hydrogen-bond acceptors (Lipinski definition) is 4. The molecular weight excluding hydrogens is 332 g/mol. The Morgan fingerprint density at radius 1 is 1.23 bits per heavy atom. The number of rotatable bonds is 5. The first-order valence-electron chi connectivity index (χ1n) is 8.96. The van der Waals surface area contributed by atoms with Gasteiger partial charge in [-0.15, -0.1) is 0 Å². The Balaban J connectivity index is 1.67. The fourth-order valence-electron chi connectivity index (χ4n) is 3.51. The monoisotopic (exact) mass is 356 g/mol. The van der Waals surface area contributed by atoms with E-state index in [2.05, 4.69) is 10.1 Å². The summed E-state index contributed by atoms with van der Waals surface area (Å²) < 4.78 is 1.76. The molecule has 1 aliphatic heterocycles. The van der Waals surface area contributed by atoms with Gasteiger partial charge in [-0.05, 0) is 63.3 Å². The third-order valence-corrected chi connectivity index (χ3v) is 4.81. The second-order valence-corrected chi connectivity index (χ2v) is 6.86. The zero-order valence-electron chi connectivity index (χ0n) is 15.2. The molecule has 2 heterocycles. The van der Waals surface area contributed by atoms with Gasteiger partial charge in [0.15, 0.2) is 0 Å². The summed E-state index contributed by atoms with van der Waals surface area (Å²) in [6, 6.07) is 7.38. The Bertz CT molecular complexity index is 798. The Morgan fingerprint density at radius 3 is 2.58 bits per heavy atom. The number of carbonyl (C=O) groups excluding carboxylic acids is 1. The summed E-state index contributed by atoms with van der Waals surface area (Å²) in [5, 5.41) is 13.2. The molecule has 0 aliphatic carbocycles. The van der Waals surface area contributed by atoms with Crippen molar-refractivity contribution in [3.8, 4) is 5.69 Å². The maximum absolute atomic E-state index is 12.8. The van der Waals surface area contributed by atoms with Crippen LogP contribution in [0.3, 0.4) is 0 Å². The zero-order chi connectivity index (χ0) is 18.7. The Kier molecular flexibility index (Phi) is 5.35. The lowest BCUT2D eigenvalue weighted by Crippen LogP contribution is -2.40. The van der Waals surface area contributed by atoms with Crippen LogP contribution < -0.4 is 0 Å². The molecule has 1 N–H and O–H groups in total. The summed E-state index contributed by atoms with van der Waals surface area (Å²) in [5.74, 6) is 1.01. The average Bonchev–Trinajstić information content (AvgIpc) is 2.98. The lowest BCUT2D eigenvalue weighted by molar-refractivity contribution is -0.137. The van der Waals surface area contributed by atoms with Crippen LogP contribution in [0, 0.1) is 19.8 Å². The maximum Gasteiger partial charge on any atom is 0.303 e. The zero-order valence-corrected chi connectivity index (χ0v) is 15.2. The molecular formula is C19H24N4O3. The summed E-state index contributed by atoms with van der Waals surface area (Å²) in [6.45, 7) is 5.10. The second-order valence-electron chi connectivity index (χ2n) is 6.86. The van der Waals surface area contributed by atoms with E-state index in [1.54, 1.807) is 4.68 Å². The van der Waals surface area contributed by atoms with Gasteiger partial charge in [0.1, 0.15) is 11.6 Å². The number of aromatic nitrogens is 3. The van der Waals surface area contributed by atoms with Crippen LogP contribution in [0.1, 0.15) is 47.7 Å². The van der Waals surface area contributed by atoms with Gasteiger partial charge in [-0.2, -0.15) is 5.10 Å². The summed E-state index contributed by atoms with van der Waals surface area (Å²) in [6.07, 6.45) is 2.70. The number of aryl methyl sites for hydroxylation is 2. The van der Waals surface area contributed by atoms with E-state index in [9.17, 15) is 9.59 Å². The van der Waals surface area contributed by atoms with Gasteiger partial charge in [0.2, 0.25) is 0 Å². The first-order chi connectivity index (χ1) is 12.4. The van der Waals surface area contributed by atoms with Crippen molar-refractivity contribution in [2.45, 2.75) is 39.5 Å². The Labute approximate surface area is 152 Å². The molecule has 1 amide bonds. The van der Waals surface area contributed by atoms with Gasteiger partial charge in [-0.25, -0.2) is 9.67 Å². The quantitative estimate of drug-likeness (QED) is 0.889. The second kappa shape index (κ2) is 7.68. The van der Waals surface area contributed by atoms with Crippen molar-refractivity contribution in [3.05, 3.63) is 41.5 Å². The van der Waals surface area contributed by atoms with E-state index in [1.807, 2.05) is 43.0 Å². The highest BCUT2D eigenvalue weighted by Gasteiger charge is 2.24. The van der Waals surface area contributed by atoms with Crippen LogP contribution in [-0.4, -0.2) is 49.7 Å². The molecule has 3 rings (SSSR count). The van der Waals surface area contributed by atoms with Crippen molar-refractivity contribution in [3.63, 3.8) is 0 Å². The Hall–Kier alpha value is -2.70. The molecule has 1 fully saturated rings. The van der Waals surface area contributed by atoms with Crippen molar-refractivity contribution >= 4 is 11.9 Å². The minimum atomic E-state index is -0.775. The maximum atomic E-state index is 12.8. The average molecular weight is 356 g/mol. The van der Waals surface area contributed by atoms with Gasteiger partial charge >= 0.3 is 5.97 Å². The van der Waals surface area contributed by atoms with Gasteiger partial charge in [-0.3, -0.25) is 9.59 Å². The normalized spacial score (nSPS) is 17.3. The molecule has 7 heteroatoms. The highest BCUT2D eigenvalue weighted by atomic mass is 16.4. The van der Waals surface area contributed by atoms with Crippen molar-refractivity contribution in [2.75, 3.05) is 13.1 Å². The molecule has 2 aromatic rings. The van der Waals surface area contributed by atoms with E-state index in [-0.39, 0.29) is 18.2 Å². The van der Waals surface area contributed by atoms with Crippen LogP contribution in [0.5, 0.6) is 0 Å². The van der Waals surface area contributed by atoms with E-state index in [1.165, 1.54) is 0 Å². The number of hydrogen-bond donors (Lipinski definition) is 1. The van der Waals surface area contributed by atoms with Gasteiger partial charge in [0.25, 0.3) is 5.91 Å². The molecule has 0 unspecified atom stereocenters. The lowest BCUT2D eigenvalue weighted by atomic mass is 9.93. The standard InChI is InChI=1S/C19H24N4O3/c1-13-20-14(2)23(21-13)17-8-6-16(7-9-17)19(26)22-11-3-4-15(12-22)5-10-18(24)25/h6-9,15H,3-5,10-12H2,1-2H3,(H,24,25)/t15-/m1/s1. The number of carboxylic acid groups (broad SMARTS) is 1. The highest BCUT2D eigenvalue weighted by molar-refractivity contribution is 5.94. The molecule has 0 saturated carbocycles. The molecule has 1 aromatic carbocycles. The van der Waals surface area contributed by atoms with E-state index in [0.29, 0.717) is 24.4 Å². The van der Waals surface area contributed by atoms with Gasteiger partial charge in [0.05, 0.1) is 5.69 Å². The number of benzene rings is 1. The molecule has 7 nitrogen and oxygen atoms in total. The van der Waals surface area contributed by atoms with E-state index < -0.39 is 5.97 Å². The van der Waals surface area contributed by atoms with E-state index in [0.717, 1.165) is 30.9 Å². The SMILES string of the molecule is Cc1nc(C)n(-c2ccc(C(=O)N3CCC[C@H](CCC(=O)O)C3)cc2)n1. The fourth-order valence-corrected chi connectivity index (χ4v) is 3.51. The predicted octanol–water partition coefficient (Wildman–Crippen LogP) is 2.60. The largest absolute Gasteiger partial charge is 0.481 e. The highest BCUT2D eigenvalue weighted by Crippen LogP contribution is 2.23. The van der Waals surface area contributed by atoms with Crippen molar-refractivity contribution in [1.82, 2.24) is 19.7 Å². The fraction of sp³-hybridized carbons (Fsp3) is 0.474. The Morgan fingerprint density at radius 2 is 1.96 bits per heavy atom. The number of carbonyl (C=O) groups is 2. The number of likely N-dealkylation sites (tertiary alicyclic amines) is 1. The van der Waals surface area contributed by atoms with Crippen LogP contribution >= 0.6 is 0 Å². The van der Waals surface area contributed by atoms with E-state index in [4.69, 9.17) is 5.11 Å². The summed E-state index contributed by atoms with van der Waals surface area (Å²) >= 11 is 0. The molecule has 138 valence electrons. The van der Waals surface area contributed by atoms with Crippen LogP contribution in [0.4, 0.5) is 0 Å². The van der Waals surface area contributed by atoms with Crippen molar-refractivity contribution in [2.24, 2.45) is 5.92 Å². The molecule has 1 aliphatic rings. The molecule has 0 spiro atoms. The van der Waals surface area contributed by atoms with Crippen molar-refractivity contribution in [1.29, 1.82) is 0 Å². The molecule has 26 heavy (non-hydrogen) atoms. The van der Waals surface area contributed by atoms with Crippen LogP contribution in [0.2, 0.25) is 0 Å². The topological polar surface area (TPSA) is 88.3 Å². The number of amides is 1. The number of carboxylic acids is 1. The minimum Gasteiger partial charge on any atom is -0.481 e. The van der Waals surface area contributed by atoms with Crippen LogP contribution in [-0.2, 0) is 4.79 Å².